The highest BCUT2D eigenvalue weighted by Gasteiger charge is 2.14. The maximum atomic E-state index is 9.06. The minimum absolute atomic E-state index is 0.307. The summed E-state index contributed by atoms with van der Waals surface area (Å²) in [6.07, 6.45) is 0. The van der Waals surface area contributed by atoms with Crippen LogP contribution in [-0.2, 0) is 0 Å². The molecule has 21 heavy (non-hydrogen) atoms. The van der Waals surface area contributed by atoms with Crippen molar-refractivity contribution in [3.63, 3.8) is 0 Å². The number of fused-ring (bicyclic) bond motifs is 1. The fourth-order valence-electron chi connectivity index (χ4n) is 2.17. The smallest absolute Gasteiger partial charge is 0.150 e. The molecule has 0 aliphatic rings. The number of benzene rings is 2. The Morgan fingerprint density at radius 1 is 1.10 bits per heavy atom. The Morgan fingerprint density at radius 2 is 1.81 bits per heavy atom. The second-order valence-electron chi connectivity index (χ2n) is 4.47. The number of ether oxygens (including phenoxy) is 1. The van der Waals surface area contributed by atoms with E-state index >= 15 is 0 Å². The van der Waals surface area contributed by atoms with E-state index in [0.29, 0.717) is 28.4 Å². The van der Waals surface area contributed by atoms with E-state index < -0.39 is 0 Å². The second kappa shape index (κ2) is 5.10. The van der Waals surface area contributed by atoms with Crippen LogP contribution in [-0.4, -0.2) is 17.1 Å². The van der Waals surface area contributed by atoms with Crippen molar-refractivity contribution in [2.24, 2.45) is 0 Å². The number of hydrogen-bond donors (Lipinski definition) is 1. The fraction of sp³-hybridized carbons (Fsp3) is 0.0625. The van der Waals surface area contributed by atoms with Gasteiger partial charge in [-0.25, -0.2) is 9.97 Å². The molecule has 0 radical (unpaired) electrons. The molecule has 0 saturated heterocycles. The van der Waals surface area contributed by atoms with Crippen LogP contribution in [0.5, 0.6) is 5.75 Å². The Balaban J connectivity index is 2.29. The van der Waals surface area contributed by atoms with Crippen molar-refractivity contribution in [1.29, 1.82) is 5.26 Å². The van der Waals surface area contributed by atoms with Crippen molar-refractivity contribution in [2.45, 2.75) is 0 Å². The van der Waals surface area contributed by atoms with Gasteiger partial charge in [0, 0.05) is 5.56 Å². The van der Waals surface area contributed by atoms with Gasteiger partial charge in [-0.3, -0.25) is 0 Å². The molecule has 0 saturated carbocycles. The SMILES string of the molecule is COc1ccc(C#N)cc1-c1nc2ccccc2nc1N. The minimum Gasteiger partial charge on any atom is -0.496 e. The maximum absolute atomic E-state index is 9.06. The van der Waals surface area contributed by atoms with E-state index in [2.05, 4.69) is 16.0 Å². The molecule has 3 rings (SSSR count). The van der Waals surface area contributed by atoms with Gasteiger partial charge in [0.05, 0.1) is 29.8 Å². The Kier molecular flexibility index (Phi) is 3.13. The third-order valence-corrected chi connectivity index (χ3v) is 3.18. The van der Waals surface area contributed by atoms with Crippen LogP contribution in [0.1, 0.15) is 5.56 Å². The average Bonchev–Trinajstić information content (AvgIpc) is 2.53. The van der Waals surface area contributed by atoms with E-state index in [1.807, 2.05) is 24.3 Å². The van der Waals surface area contributed by atoms with Crippen molar-refractivity contribution in [1.82, 2.24) is 9.97 Å². The summed E-state index contributed by atoms with van der Waals surface area (Å²) in [5, 5.41) is 9.06. The van der Waals surface area contributed by atoms with Crippen LogP contribution in [0, 0.1) is 11.3 Å². The molecule has 3 aromatic rings. The molecular formula is C16H12N4O. The number of nitrogens with zero attached hydrogens (tertiary/aromatic N) is 3. The first-order valence-corrected chi connectivity index (χ1v) is 6.33. The first-order chi connectivity index (χ1) is 10.2. The Labute approximate surface area is 121 Å². The van der Waals surface area contributed by atoms with E-state index in [0.717, 1.165) is 11.0 Å². The van der Waals surface area contributed by atoms with Gasteiger partial charge in [-0.2, -0.15) is 5.26 Å². The summed E-state index contributed by atoms with van der Waals surface area (Å²) < 4.78 is 5.33. The molecule has 0 aliphatic heterocycles. The highest BCUT2D eigenvalue weighted by molar-refractivity contribution is 5.84. The summed E-state index contributed by atoms with van der Waals surface area (Å²) >= 11 is 0. The van der Waals surface area contributed by atoms with E-state index in [1.165, 1.54) is 0 Å². The molecule has 0 atom stereocenters. The number of nitrogen functional groups attached to an aromatic ring is 1. The standard InChI is InChI=1S/C16H12N4O/c1-21-14-7-6-10(9-17)8-11(14)15-16(18)20-13-5-3-2-4-12(13)19-15/h2-8H,1H3,(H2,18,20). The topological polar surface area (TPSA) is 84.8 Å². The summed E-state index contributed by atoms with van der Waals surface area (Å²) in [6.45, 7) is 0. The van der Waals surface area contributed by atoms with Crippen LogP contribution in [0.3, 0.4) is 0 Å². The number of hydrogen-bond acceptors (Lipinski definition) is 5. The number of methoxy groups -OCH3 is 1. The molecule has 0 bridgehead atoms. The van der Waals surface area contributed by atoms with Gasteiger partial charge in [-0.15, -0.1) is 0 Å². The normalized spacial score (nSPS) is 10.3. The summed E-state index contributed by atoms with van der Waals surface area (Å²) in [4.78, 5) is 8.91. The molecule has 102 valence electrons. The summed E-state index contributed by atoms with van der Waals surface area (Å²) in [5.41, 5.74) is 9.18. The van der Waals surface area contributed by atoms with Gasteiger partial charge in [0.1, 0.15) is 11.4 Å². The lowest BCUT2D eigenvalue weighted by molar-refractivity contribution is 0.416. The molecule has 0 aliphatic carbocycles. The molecule has 5 nitrogen and oxygen atoms in total. The zero-order valence-electron chi connectivity index (χ0n) is 11.4. The van der Waals surface area contributed by atoms with Crippen LogP contribution in [0.4, 0.5) is 5.82 Å². The predicted octanol–water partition coefficient (Wildman–Crippen LogP) is 2.76. The van der Waals surface area contributed by atoms with Gasteiger partial charge < -0.3 is 10.5 Å². The van der Waals surface area contributed by atoms with Crippen molar-refractivity contribution < 1.29 is 4.74 Å². The first-order valence-electron chi connectivity index (χ1n) is 6.33. The van der Waals surface area contributed by atoms with Gasteiger partial charge in [0.25, 0.3) is 0 Å². The quantitative estimate of drug-likeness (QED) is 0.777. The van der Waals surface area contributed by atoms with Gasteiger partial charge in [-0.1, -0.05) is 12.1 Å². The first kappa shape index (κ1) is 12.9. The molecule has 1 heterocycles. The van der Waals surface area contributed by atoms with Crippen molar-refractivity contribution >= 4 is 16.9 Å². The van der Waals surface area contributed by atoms with E-state index in [9.17, 15) is 0 Å². The molecule has 0 spiro atoms. The molecule has 0 amide bonds. The van der Waals surface area contributed by atoms with Crippen LogP contribution >= 0.6 is 0 Å². The minimum atomic E-state index is 0.307. The third-order valence-electron chi connectivity index (χ3n) is 3.18. The molecule has 2 N–H and O–H groups in total. The number of para-hydroxylation sites is 2. The number of rotatable bonds is 2. The van der Waals surface area contributed by atoms with Crippen LogP contribution in [0.25, 0.3) is 22.3 Å². The van der Waals surface area contributed by atoms with Gasteiger partial charge in [0.15, 0.2) is 5.82 Å². The molecule has 2 aromatic carbocycles. The lowest BCUT2D eigenvalue weighted by atomic mass is 10.1. The zero-order valence-corrected chi connectivity index (χ0v) is 11.4. The third kappa shape index (κ3) is 2.23. The lowest BCUT2D eigenvalue weighted by Crippen LogP contribution is -2.00. The Morgan fingerprint density at radius 3 is 2.48 bits per heavy atom. The summed E-state index contributed by atoms with van der Waals surface area (Å²) in [6, 6.07) is 14.7. The van der Waals surface area contributed by atoms with E-state index in [-0.39, 0.29) is 0 Å². The second-order valence-corrected chi connectivity index (χ2v) is 4.47. The van der Waals surface area contributed by atoms with Crippen molar-refractivity contribution in [3.05, 3.63) is 48.0 Å². The molecule has 1 aromatic heterocycles. The number of anilines is 1. The van der Waals surface area contributed by atoms with Crippen LogP contribution in [0.2, 0.25) is 0 Å². The molecule has 5 heteroatoms. The molecule has 0 fully saturated rings. The Bertz CT molecular complexity index is 868. The van der Waals surface area contributed by atoms with Crippen LogP contribution in [0.15, 0.2) is 42.5 Å². The Hall–Kier alpha value is -3.13. The largest absolute Gasteiger partial charge is 0.496 e. The summed E-state index contributed by atoms with van der Waals surface area (Å²) in [7, 11) is 1.57. The van der Waals surface area contributed by atoms with Crippen molar-refractivity contribution in [3.8, 4) is 23.1 Å². The van der Waals surface area contributed by atoms with E-state index in [1.54, 1.807) is 25.3 Å². The molecule has 0 unspecified atom stereocenters. The lowest BCUT2D eigenvalue weighted by Gasteiger charge is -2.11. The average molecular weight is 276 g/mol. The van der Waals surface area contributed by atoms with Gasteiger partial charge in [0.2, 0.25) is 0 Å². The van der Waals surface area contributed by atoms with E-state index in [4.69, 9.17) is 15.7 Å². The highest BCUT2D eigenvalue weighted by Crippen LogP contribution is 2.33. The van der Waals surface area contributed by atoms with Crippen molar-refractivity contribution in [2.75, 3.05) is 12.8 Å². The van der Waals surface area contributed by atoms with Gasteiger partial charge >= 0.3 is 0 Å². The number of aromatic nitrogens is 2. The zero-order chi connectivity index (χ0) is 14.8. The monoisotopic (exact) mass is 276 g/mol. The van der Waals surface area contributed by atoms with Gasteiger partial charge in [-0.05, 0) is 30.3 Å². The number of nitrogens with two attached hydrogens (primary N) is 1. The van der Waals surface area contributed by atoms with Crippen LogP contribution < -0.4 is 10.5 Å². The highest BCUT2D eigenvalue weighted by atomic mass is 16.5. The molecular weight excluding hydrogens is 264 g/mol. The number of nitriles is 1. The summed E-state index contributed by atoms with van der Waals surface area (Å²) in [5.74, 6) is 0.910. The maximum Gasteiger partial charge on any atom is 0.150 e. The predicted molar refractivity (Wildman–Crippen MR) is 80.7 cm³/mol. The fourth-order valence-corrected chi connectivity index (χ4v) is 2.17.